The zero-order valence-corrected chi connectivity index (χ0v) is 20.4. The molecule has 1 N–H and O–H groups in total. The fraction of sp³-hybridized carbons (Fsp3) is 0.0714. The molecule has 2 aromatic heterocycles. The maximum Gasteiger partial charge on any atom is 0.277 e. The smallest absolute Gasteiger partial charge is 0.277 e. The number of halogens is 3. The molecule has 0 amide bonds. The molecule has 0 saturated heterocycles. The van der Waals surface area contributed by atoms with Crippen LogP contribution in [0.5, 0.6) is 0 Å². The maximum absolute atomic E-state index is 13.5. The van der Waals surface area contributed by atoms with Gasteiger partial charge in [0.05, 0.1) is 28.4 Å². The number of nitro groups is 1. The minimum Gasteiger partial charge on any atom is -0.340 e. The van der Waals surface area contributed by atoms with E-state index in [1.54, 1.807) is 36.5 Å². The third-order valence-electron chi connectivity index (χ3n) is 6.16. The number of hydrogen-bond acceptors (Lipinski definition) is 4. The van der Waals surface area contributed by atoms with Crippen molar-refractivity contribution in [1.29, 1.82) is 0 Å². The number of hydrogen-bond donors (Lipinski definition) is 1. The second-order valence-electron chi connectivity index (χ2n) is 8.61. The highest BCUT2D eigenvalue weighted by Crippen LogP contribution is 2.32. The number of pyridine rings is 1. The topological polar surface area (TPSA) is 93.8 Å². The van der Waals surface area contributed by atoms with Gasteiger partial charge in [-0.3, -0.25) is 14.9 Å². The summed E-state index contributed by atoms with van der Waals surface area (Å²) in [6.45, 7) is 0. The standard InChI is InChI=1S/C28H19ClF2N4O3/c29-20-5-10-25(35(37)38)23(15-20)19-11-12-34(27(36)14-19)26(13-17-1-6-21(30)7-2-17)28-32-16-24(33-28)18-3-8-22(31)9-4-18/h1-12,14-16,26H,13H2,(H,32,33)/t26-/m0/s1. The molecule has 2 heterocycles. The highest BCUT2D eigenvalue weighted by molar-refractivity contribution is 6.31. The Morgan fingerprint density at radius 3 is 2.29 bits per heavy atom. The predicted molar refractivity (Wildman–Crippen MR) is 140 cm³/mol. The molecule has 0 saturated carbocycles. The molecule has 0 unspecified atom stereocenters. The summed E-state index contributed by atoms with van der Waals surface area (Å²) in [5.41, 5.74) is 2.06. The number of aromatic amines is 1. The summed E-state index contributed by atoms with van der Waals surface area (Å²) in [6, 6.07) is 18.3. The fourth-order valence-electron chi connectivity index (χ4n) is 4.27. The summed E-state index contributed by atoms with van der Waals surface area (Å²) in [7, 11) is 0. The zero-order chi connectivity index (χ0) is 26.8. The molecule has 5 aromatic rings. The molecule has 38 heavy (non-hydrogen) atoms. The molecular formula is C28H19ClF2N4O3. The first-order chi connectivity index (χ1) is 18.3. The number of rotatable bonds is 7. The number of benzene rings is 3. The molecule has 0 radical (unpaired) electrons. The summed E-state index contributed by atoms with van der Waals surface area (Å²) >= 11 is 6.07. The van der Waals surface area contributed by atoms with E-state index in [-0.39, 0.29) is 22.9 Å². The van der Waals surface area contributed by atoms with Crippen LogP contribution < -0.4 is 5.56 Å². The van der Waals surface area contributed by atoms with Gasteiger partial charge in [-0.15, -0.1) is 0 Å². The third-order valence-corrected chi connectivity index (χ3v) is 6.39. The van der Waals surface area contributed by atoms with E-state index in [1.807, 2.05) is 0 Å². The van der Waals surface area contributed by atoms with Crippen LogP contribution in [-0.2, 0) is 6.42 Å². The monoisotopic (exact) mass is 532 g/mol. The van der Waals surface area contributed by atoms with E-state index in [9.17, 15) is 23.7 Å². The summed E-state index contributed by atoms with van der Waals surface area (Å²) in [6.07, 6.45) is 3.43. The molecule has 0 aliphatic carbocycles. The van der Waals surface area contributed by atoms with Gasteiger partial charge in [-0.2, -0.15) is 0 Å². The number of aromatic nitrogens is 3. The van der Waals surface area contributed by atoms with Crippen molar-refractivity contribution in [3.05, 3.63) is 140 Å². The van der Waals surface area contributed by atoms with Crippen molar-refractivity contribution in [1.82, 2.24) is 14.5 Å². The molecule has 0 aliphatic rings. The second-order valence-corrected chi connectivity index (χ2v) is 9.05. The molecule has 7 nitrogen and oxygen atoms in total. The van der Waals surface area contributed by atoms with Crippen LogP contribution in [0.4, 0.5) is 14.5 Å². The zero-order valence-electron chi connectivity index (χ0n) is 19.6. The Labute approximate surface area is 220 Å². The Bertz CT molecular complexity index is 1680. The number of nitrogens with one attached hydrogen (secondary N) is 1. The molecule has 3 aromatic carbocycles. The summed E-state index contributed by atoms with van der Waals surface area (Å²) in [5, 5.41) is 11.8. The van der Waals surface area contributed by atoms with Gasteiger partial charge in [0.1, 0.15) is 17.5 Å². The number of imidazole rings is 1. The first kappa shape index (κ1) is 25.0. The van der Waals surface area contributed by atoms with Crippen molar-refractivity contribution in [3.63, 3.8) is 0 Å². The van der Waals surface area contributed by atoms with Gasteiger partial charge >= 0.3 is 0 Å². The number of H-pyrrole nitrogens is 1. The van der Waals surface area contributed by atoms with Gasteiger partial charge < -0.3 is 9.55 Å². The molecule has 0 bridgehead atoms. The normalized spacial score (nSPS) is 11.9. The van der Waals surface area contributed by atoms with Crippen LogP contribution in [0.25, 0.3) is 22.4 Å². The lowest BCUT2D eigenvalue weighted by Crippen LogP contribution is -2.27. The quantitative estimate of drug-likeness (QED) is 0.189. The van der Waals surface area contributed by atoms with Gasteiger partial charge in [-0.05, 0) is 71.3 Å². The van der Waals surface area contributed by atoms with Crippen molar-refractivity contribution >= 4 is 17.3 Å². The van der Waals surface area contributed by atoms with E-state index in [2.05, 4.69) is 9.97 Å². The van der Waals surface area contributed by atoms with Gasteiger partial charge in [0.15, 0.2) is 0 Å². The SMILES string of the molecule is O=c1cc(-c2cc(Cl)ccc2[N+](=O)[O-])ccn1[C@@H](Cc1ccc(F)cc1)c1ncc(-c2ccc(F)cc2)[nH]1. The van der Waals surface area contributed by atoms with Crippen LogP contribution in [0.15, 0.2) is 96.1 Å². The third kappa shape index (κ3) is 5.23. The lowest BCUT2D eigenvalue weighted by atomic mass is 10.0. The fourth-order valence-corrected chi connectivity index (χ4v) is 4.44. The molecule has 190 valence electrons. The van der Waals surface area contributed by atoms with E-state index < -0.39 is 16.5 Å². The van der Waals surface area contributed by atoms with Gasteiger partial charge in [0.25, 0.3) is 11.2 Å². The molecule has 0 spiro atoms. The maximum atomic E-state index is 13.5. The number of nitro benzene ring substituents is 1. The van der Waals surface area contributed by atoms with Gasteiger partial charge in [-0.25, -0.2) is 13.8 Å². The van der Waals surface area contributed by atoms with Crippen molar-refractivity contribution in [2.24, 2.45) is 0 Å². The molecule has 1 atom stereocenters. The predicted octanol–water partition coefficient (Wildman–Crippen LogP) is 6.58. The average Bonchev–Trinajstić information content (AvgIpc) is 3.39. The van der Waals surface area contributed by atoms with Gasteiger partial charge in [0.2, 0.25) is 0 Å². The first-order valence-corrected chi connectivity index (χ1v) is 11.9. The van der Waals surface area contributed by atoms with Crippen LogP contribution >= 0.6 is 11.6 Å². The van der Waals surface area contributed by atoms with E-state index in [0.29, 0.717) is 34.1 Å². The van der Waals surface area contributed by atoms with Gasteiger partial charge in [0, 0.05) is 29.8 Å². The first-order valence-electron chi connectivity index (χ1n) is 11.5. The molecular weight excluding hydrogens is 514 g/mol. The highest BCUT2D eigenvalue weighted by Gasteiger charge is 2.22. The van der Waals surface area contributed by atoms with Crippen molar-refractivity contribution in [3.8, 4) is 22.4 Å². The minimum atomic E-state index is -0.620. The Morgan fingerprint density at radius 2 is 1.63 bits per heavy atom. The van der Waals surface area contributed by atoms with E-state index in [1.165, 1.54) is 59.3 Å². The lowest BCUT2D eigenvalue weighted by molar-refractivity contribution is -0.384. The van der Waals surface area contributed by atoms with Crippen LogP contribution in [0.2, 0.25) is 5.02 Å². The Balaban J connectivity index is 1.57. The van der Waals surface area contributed by atoms with Crippen LogP contribution in [0.3, 0.4) is 0 Å². The van der Waals surface area contributed by atoms with Crippen LogP contribution in [0.1, 0.15) is 17.4 Å². The molecule has 0 fully saturated rings. The molecule has 10 heteroatoms. The highest BCUT2D eigenvalue weighted by atomic mass is 35.5. The Hall–Kier alpha value is -4.63. The van der Waals surface area contributed by atoms with E-state index in [4.69, 9.17) is 11.6 Å². The van der Waals surface area contributed by atoms with Crippen LogP contribution in [0, 0.1) is 21.7 Å². The molecule has 0 aliphatic heterocycles. The van der Waals surface area contributed by atoms with E-state index >= 15 is 0 Å². The van der Waals surface area contributed by atoms with Gasteiger partial charge in [-0.1, -0.05) is 23.7 Å². The largest absolute Gasteiger partial charge is 0.340 e. The van der Waals surface area contributed by atoms with E-state index in [0.717, 1.165) is 5.56 Å². The Kier molecular flexibility index (Phi) is 6.85. The second kappa shape index (κ2) is 10.4. The van der Waals surface area contributed by atoms with Crippen molar-refractivity contribution in [2.45, 2.75) is 12.5 Å². The number of nitrogens with zero attached hydrogens (tertiary/aromatic N) is 3. The summed E-state index contributed by atoms with van der Waals surface area (Å²) in [5.74, 6) is -0.293. The van der Waals surface area contributed by atoms with Crippen molar-refractivity contribution < 1.29 is 13.7 Å². The van der Waals surface area contributed by atoms with Crippen LogP contribution in [-0.4, -0.2) is 19.5 Å². The summed E-state index contributed by atoms with van der Waals surface area (Å²) in [4.78, 5) is 32.1. The average molecular weight is 533 g/mol. The molecule has 5 rings (SSSR count). The Morgan fingerprint density at radius 1 is 0.947 bits per heavy atom. The summed E-state index contributed by atoms with van der Waals surface area (Å²) < 4.78 is 28.4. The lowest BCUT2D eigenvalue weighted by Gasteiger charge is -2.19. The minimum absolute atomic E-state index is 0.176. The van der Waals surface area contributed by atoms with Crippen molar-refractivity contribution in [2.75, 3.05) is 0 Å².